The summed E-state index contributed by atoms with van der Waals surface area (Å²) in [6.07, 6.45) is 3.09. The molecule has 1 fully saturated rings. The summed E-state index contributed by atoms with van der Waals surface area (Å²) >= 11 is 0. The SMILES string of the molecule is CCCNC1CCCN(c2ccc(C)cc2)C1=O. The van der Waals surface area contributed by atoms with Crippen LogP contribution in [0.3, 0.4) is 0 Å². The van der Waals surface area contributed by atoms with E-state index in [9.17, 15) is 4.79 Å². The summed E-state index contributed by atoms with van der Waals surface area (Å²) in [5, 5.41) is 3.34. The summed E-state index contributed by atoms with van der Waals surface area (Å²) in [6.45, 7) is 5.94. The van der Waals surface area contributed by atoms with Crippen molar-refractivity contribution in [3.8, 4) is 0 Å². The minimum atomic E-state index is 0.00000283. The second kappa shape index (κ2) is 6.01. The van der Waals surface area contributed by atoms with Gasteiger partial charge >= 0.3 is 0 Å². The van der Waals surface area contributed by atoms with Gasteiger partial charge in [0, 0.05) is 12.2 Å². The molecule has 1 saturated heterocycles. The van der Waals surface area contributed by atoms with Crippen molar-refractivity contribution in [2.75, 3.05) is 18.0 Å². The molecular weight excluding hydrogens is 224 g/mol. The highest BCUT2D eigenvalue weighted by Gasteiger charge is 2.28. The number of carbonyl (C=O) groups excluding carboxylic acids is 1. The molecule has 3 heteroatoms. The van der Waals surface area contributed by atoms with E-state index >= 15 is 0 Å². The average molecular weight is 246 g/mol. The molecule has 1 aliphatic rings. The summed E-state index contributed by atoms with van der Waals surface area (Å²) < 4.78 is 0. The second-order valence-electron chi connectivity index (χ2n) is 4.97. The van der Waals surface area contributed by atoms with Gasteiger partial charge in [-0.3, -0.25) is 4.79 Å². The maximum atomic E-state index is 12.4. The van der Waals surface area contributed by atoms with E-state index in [2.05, 4.69) is 31.3 Å². The van der Waals surface area contributed by atoms with Crippen LogP contribution in [0.1, 0.15) is 31.7 Å². The summed E-state index contributed by atoms with van der Waals surface area (Å²) in [5.41, 5.74) is 2.25. The van der Waals surface area contributed by atoms with Crippen molar-refractivity contribution in [2.24, 2.45) is 0 Å². The fourth-order valence-corrected chi connectivity index (χ4v) is 2.36. The van der Waals surface area contributed by atoms with E-state index in [0.29, 0.717) is 0 Å². The van der Waals surface area contributed by atoms with Gasteiger partial charge in [-0.05, 0) is 44.9 Å². The number of nitrogens with zero attached hydrogens (tertiary/aromatic N) is 1. The Hall–Kier alpha value is -1.35. The first-order valence-corrected chi connectivity index (χ1v) is 6.84. The maximum Gasteiger partial charge on any atom is 0.244 e. The van der Waals surface area contributed by atoms with Crippen molar-refractivity contribution in [1.82, 2.24) is 5.32 Å². The van der Waals surface area contributed by atoms with Gasteiger partial charge in [0.05, 0.1) is 6.04 Å². The molecule has 1 aliphatic heterocycles. The fourth-order valence-electron chi connectivity index (χ4n) is 2.36. The molecule has 1 amide bonds. The smallest absolute Gasteiger partial charge is 0.244 e. The molecule has 1 heterocycles. The summed E-state index contributed by atoms with van der Waals surface area (Å²) in [6, 6.07) is 8.20. The molecule has 0 aromatic heterocycles. The summed E-state index contributed by atoms with van der Waals surface area (Å²) in [7, 11) is 0. The molecule has 1 unspecified atom stereocenters. The first-order chi connectivity index (χ1) is 8.72. The van der Waals surface area contributed by atoms with Gasteiger partial charge in [-0.15, -0.1) is 0 Å². The van der Waals surface area contributed by atoms with Gasteiger partial charge in [0.25, 0.3) is 0 Å². The van der Waals surface area contributed by atoms with Crippen molar-refractivity contribution >= 4 is 11.6 Å². The van der Waals surface area contributed by atoms with Gasteiger partial charge in [-0.25, -0.2) is 0 Å². The zero-order valence-corrected chi connectivity index (χ0v) is 11.3. The van der Waals surface area contributed by atoms with Crippen molar-refractivity contribution < 1.29 is 4.79 Å². The van der Waals surface area contributed by atoms with Crippen molar-refractivity contribution in [3.05, 3.63) is 29.8 Å². The highest BCUT2D eigenvalue weighted by Crippen LogP contribution is 2.21. The van der Waals surface area contributed by atoms with E-state index in [4.69, 9.17) is 0 Å². The number of aryl methyl sites for hydroxylation is 1. The fraction of sp³-hybridized carbons (Fsp3) is 0.533. The average Bonchev–Trinajstić information content (AvgIpc) is 2.39. The molecule has 0 spiro atoms. The lowest BCUT2D eigenvalue weighted by molar-refractivity contribution is -0.121. The number of carbonyl (C=O) groups is 1. The Bertz CT molecular complexity index is 399. The van der Waals surface area contributed by atoms with Crippen LogP contribution in [0.2, 0.25) is 0 Å². The Morgan fingerprint density at radius 1 is 1.33 bits per heavy atom. The molecule has 3 nitrogen and oxygen atoms in total. The lowest BCUT2D eigenvalue weighted by atomic mass is 10.0. The van der Waals surface area contributed by atoms with Crippen molar-refractivity contribution in [3.63, 3.8) is 0 Å². The zero-order valence-electron chi connectivity index (χ0n) is 11.3. The van der Waals surface area contributed by atoms with Gasteiger partial charge in [-0.1, -0.05) is 24.6 Å². The molecule has 1 N–H and O–H groups in total. The maximum absolute atomic E-state index is 12.4. The van der Waals surface area contributed by atoms with E-state index in [1.165, 1.54) is 5.56 Å². The molecule has 18 heavy (non-hydrogen) atoms. The van der Waals surface area contributed by atoms with Crippen molar-refractivity contribution in [1.29, 1.82) is 0 Å². The quantitative estimate of drug-likeness (QED) is 0.885. The van der Waals surface area contributed by atoms with E-state index < -0.39 is 0 Å². The minimum absolute atomic E-state index is 0.00000283. The van der Waals surface area contributed by atoms with Gasteiger partial charge in [0.15, 0.2) is 0 Å². The topological polar surface area (TPSA) is 32.3 Å². The molecule has 1 atom stereocenters. The van der Waals surface area contributed by atoms with Gasteiger partial charge in [0.1, 0.15) is 0 Å². The number of anilines is 1. The zero-order chi connectivity index (χ0) is 13.0. The molecule has 0 bridgehead atoms. The largest absolute Gasteiger partial charge is 0.311 e. The van der Waals surface area contributed by atoms with Crippen LogP contribution in [-0.4, -0.2) is 25.0 Å². The molecule has 0 radical (unpaired) electrons. The molecular formula is C15H22N2O. The molecule has 1 aromatic rings. The van der Waals surface area contributed by atoms with E-state index in [1.54, 1.807) is 0 Å². The third-order valence-corrected chi connectivity index (χ3v) is 3.43. The predicted molar refractivity (Wildman–Crippen MR) is 74.8 cm³/mol. The number of amides is 1. The number of rotatable bonds is 4. The number of nitrogens with one attached hydrogen (secondary N) is 1. The Morgan fingerprint density at radius 3 is 2.72 bits per heavy atom. The number of piperidine rings is 1. The molecule has 98 valence electrons. The van der Waals surface area contributed by atoms with Crippen LogP contribution in [0.15, 0.2) is 24.3 Å². The standard InChI is InChI=1S/C15H22N2O/c1-3-10-16-14-5-4-11-17(15(14)18)13-8-6-12(2)7-9-13/h6-9,14,16H,3-5,10-11H2,1-2H3. The first-order valence-electron chi connectivity index (χ1n) is 6.84. The third-order valence-electron chi connectivity index (χ3n) is 3.43. The number of hydrogen-bond acceptors (Lipinski definition) is 2. The Labute approximate surface area is 109 Å². The van der Waals surface area contributed by atoms with Crippen LogP contribution < -0.4 is 10.2 Å². The van der Waals surface area contributed by atoms with Crippen LogP contribution in [0, 0.1) is 6.92 Å². The van der Waals surface area contributed by atoms with Crippen LogP contribution in [0.4, 0.5) is 5.69 Å². The van der Waals surface area contributed by atoms with Crippen LogP contribution in [0.5, 0.6) is 0 Å². The lowest BCUT2D eigenvalue weighted by Gasteiger charge is -2.32. The second-order valence-corrected chi connectivity index (χ2v) is 4.97. The number of hydrogen-bond donors (Lipinski definition) is 1. The first kappa shape index (κ1) is 13.1. The highest BCUT2D eigenvalue weighted by atomic mass is 16.2. The molecule has 0 saturated carbocycles. The molecule has 1 aromatic carbocycles. The Kier molecular flexibility index (Phi) is 4.37. The van der Waals surface area contributed by atoms with E-state index in [0.717, 1.165) is 38.0 Å². The third kappa shape index (κ3) is 2.91. The van der Waals surface area contributed by atoms with Crippen LogP contribution in [0.25, 0.3) is 0 Å². The Morgan fingerprint density at radius 2 is 2.06 bits per heavy atom. The van der Waals surface area contributed by atoms with Crippen LogP contribution >= 0.6 is 0 Å². The molecule has 2 rings (SSSR count). The molecule has 0 aliphatic carbocycles. The monoisotopic (exact) mass is 246 g/mol. The van der Waals surface area contributed by atoms with Crippen LogP contribution in [-0.2, 0) is 4.79 Å². The summed E-state index contributed by atoms with van der Waals surface area (Å²) in [4.78, 5) is 14.3. The van der Waals surface area contributed by atoms with Gasteiger partial charge in [-0.2, -0.15) is 0 Å². The normalized spacial score (nSPS) is 20.2. The van der Waals surface area contributed by atoms with Gasteiger partial charge < -0.3 is 10.2 Å². The van der Waals surface area contributed by atoms with Gasteiger partial charge in [0.2, 0.25) is 5.91 Å². The summed E-state index contributed by atoms with van der Waals surface area (Å²) in [5.74, 6) is 0.221. The Balaban J connectivity index is 2.08. The van der Waals surface area contributed by atoms with E-state index in [-0.39, 0.29) is 11.9 Å². The number of benzene rings is 1. The lowest BCUT2D eigenvalue weighted by Crippen LogP contribution is -2.51. The highest BCUT2D eigenvalue weighted by molar-refractivity contribution is 5.97. The van der Waals surface area contributed by atoms with Crippen molar-refractivity contribution in [2.45, 2.75) is 39.2 Å². The van der Waals surface area contributed by atoms with E-state index in [1.807, 2.05) is 17.0 Å². The predicted octanol–water partition coefficient (Wildman–Crippen LogP) is 2.49. The minimum Gasteiger partial charge on any atom is -0.311 e.